The van der Waals surface area contributed by atoms with Crippen LogP contribution in [0.1, 0.15) is 18.4 Å². The number of amidine groups is 1. The molecule has 1 fully saturated rings. The van der Waals surface area contributed by atoms with Gasteiger partial charge in [0.15, 0.2) is 0 Å². The molecule has 0 saturated carbocycles. The first kappa shape index (κ1) is 14.2. The van der Waals surface area contributed by atoms with Gasteiger partial charge in [0.1, 0.15) is 5.84 Å². The second kappa shape index (κ2) is 6.26. The molecule has 3 N–H and O–H groups in total. The summed E-state index contributed by atoms with van der Waals surface area (Å²) in [4.78, 5) is 4.59. The van der Waals surface area contributed by atoms with Crippen LogP contribution in [0.2, 0.25) is 5.02 Å². The zero-order valence-electron chi connectivity index (χ0n) is 11.3. The first-order valence-corrected chi connectivity index (χ1v) is 7.04. The van der Waals surface area contributed by atoms with Gasteiger partial charge in [0.25, 0.3) is 0 Å². The summed E-state index contributed by atoms with van der Waals surface area (Å²) < 4.78 is 0. The van der Waals surface area contributed by atoms with Crippen molar-refractivity contribution in [3.63, 3.8) is 0 Å². The fraction of sp³-hybridized carbons (Fsp3) is 0.500. The second-order valence-electron chi connectivity index (χ2n) is 5.02. The summed E-state index contributed by atoms with van der Waals surface area (Å²) in [7, 11) is 2.02. The quantitative estimate of drug-likeness (QED) is 0.642. The lowest BCUT2D eigenvalue weighted by atomic mass is 10.1. The van der Waals surface area contributed by atoms with Crippen LogP contribution >= 0.6 is 11.6 Å². The minimum atomic E-state index is 0.0219. The molecule has 1 heterocycles. The van der Waals surface area contributed by atoms with Gasteiger partial charge in [-0.2, -0.15) is 0 Å². The van der Waals surface area contributed by atoms with Gasteiger partial charge in [-0.05, 0) is 38.1 Å². The van der Waals surface area contributed by atoms with Gasteiger partial charge in [0.2, 0.25) is 0 Å². The van der Waals surface area contributed by atoms with E-state index in [1.54, 1.807) is 6.07 Å². The van der Waals surface area contributed by atoms with Crippen molar-refractivity contribution in [1.29, 1.82) is 5.41 Å². The third kappa shape index (κ3) is 3.39. The fourth-order valence-electron chi connectivity index (χ4n) is 2.52. The average molecular weight is 281 g/mol. The van der Waals surface area contributed by atoms with Crippen LogP contribution in [0.3, 0.4) is 0 Å². The molecule has 2 rings (SSSR count). The van der Waals surface area contributed by atoms with Crippen LogP contribution in [-0.4, -0.2) is 44.0 Å². The van der Waals surface area contributed by atoms with E-state index in [-0.39, 0.29) is 5.84 Å². The zero-order chi connectivity index (χ0) is 13.8. The van der Waals surface area contributed by atoms with Crippen LogP contribution in [0, 0.1) is 5.41 Å². The minimum Gasteiger partial charge on any atom is -0.384 e. The summed E-state index contributed by atoms with van der Waals surface area (Å²) in [5.74, 6) is 0.0219. The van der Waals surface area contributed by atoms with E-state index in [0.29, 0.717) is 10.6 Å². The second-order valence-corrected chi connectivity index (χ2v) is 5.43. The van der Waals surface area contributed by atoms with Crippen LogP contribution in [0.25, 0.3) is 0 Å². The number of benzene rings is 1. The van der Waals surface area contributed by atoms with Gasteiger partial charge in [0, 0.05) is 25.8 Å². The summed E-state index contributed by atoms with van der Waals surface area (Å²) >= 11 is 6.14. The number of hydrogen-bond acceptors (Lipinski definition) is 3. The van der Waals surface area contributed by atoms with Crippen LogP contribution in [0.5, 0.6) is 0 Å². The molecule has 0 bridgehead atoms. The fourth-order valence-corrected chi connectivity index (χ4v) is 2.79. The molecule has 0 radical (unpaired) electrons. The third-order valence-electron chi connectivity index (χ3n) is 3.62. The average Bonchev–Trinajstić information content (AvgIpc) is 2.88. The number of likely N-dealkylation sites (N-methyl/N-ethyl adjacent to an activating group) is 1. The largest absolute Gasteiger partial charge is 0.384 e. The first-order chi connectivity index (χ1) is 9.09. The molecular weight excluding hydrogens is 260 g/mol. The number of nitrogens with zero attached hydrogens (tertiary/aromatic N) is 2. The predicted molar refractivity (Wildman–Crippen MR) is 81.4 cm³/mol. The highest BCUT2D eigenvalue weighted by molar-refractivity contribution is 6.34. The number of nitrogens with two attached hydrogens (primary N) is 1. The molecule has 5 heteroatoms. The first-order valence-electron chi connectivity index (χ1n) is 6.66. The van der Waals surface area contributed by atoms with Crippen molar-refractivity contribution in [3.05, 3.63) is 28.8 Å². The molecule has 0 amide bonds. The summed E-state index contributed by atoms with van der Waals surface area (Å²) in [6.45, 7) is 4.35. The van der Waals surface area contributed by atoms with Crippen LogP contribution < -0.4 is 10.6 Å². The SMILES string of the molecule is CN(CCN1CCCC1)c1cccc(Cl)c1C(=N)N. The lowest BCUT2D eigenvalue weighted by molar-refractivity contribution is 0.346. The molecule has 4 nitrogen and oxygen atoms in total. The molecule has 0 aliphatic carbocycles. The predicted octanol–water partition coefficient (Wildman–Crippen LogP) is 2.16. The van der Waals surface area contributed by atoms with E-state index in [1.807, 2.05) is 19.2 Å². The van der Waals surface area contributed by atoms with Crippen molar-refractivity contribution in [2.45, 2.75) is 12.8 Å². The summed E-state index contributed by atoms with van der Waals surface area (Å²) in [5, 5.41) is 8.21. The Morgan fingerprint density at radius 2 is 2.11 bits per heavy atom. The highest BCUT2D eigenvalue weighted by atomic mass is 35.5. The van der Waals surface area contributed by atoms with Crippen molar-refractivity contribution in [3.8, 4) is 0 Å². The van der Waals surface area contributed by atoms with Crippen LogP contribution in [-0.2, 0) is 0 Å². The maximum atomic E-state index is 7.67. The molecule has 104 valence electrons. The molecule has 0 spiro atoms. The van der Waals surface area contributed by atoms with Gasteiger partial charge in [-0.3, -0.25) is 5.41 Å². The van der Waals surface area contributed by atoms with Crippen LogP contribution in [0.4, 0.5) is 5.69 Å². The number of likely N-dealkylation sites (tertiary alicyclic amines) is 1. The Morgan fingerprint density at radius 1 is 1.42 bits per heavy atom. The minimum absolute atomic E-state index is 0.0219. The van der Waals surface area contributed by atoms with E-state index in [0.717, 1.165) is 18.8 Å². The summed E-state index contributed by atoms with van der Waals surface area (Å²) in [6.07, 6.45) is 2.61. The Balaban J connectivity index is 2.07. The lowest BCUT2D eigenvalue weighted by Crippen LogP contribution is -2.32. The molecule has 1 aromatic rings. The highest BCUT2D eigenvalue weighted by Crippen LogP contribution is 2.26. The molecular formula is C14H21ClN4. The lowest BCUT2D eigenvalue weighted by Gasteiger charge is -2.25. The number of anilines is 1. The van der Waals surface area contributed by atoms with E-state index < -0.39 is 0 Å². The van der Waals surface area contributed by atoms with Crippen molar-refractivity contribution in [2.75, 3.05) is 38.1 Å². The summed E-state index contributed by atoms with van der Waals surface area (Å²) in [5.41, 5.74) is 7.20. The van der Waals surface area contributed by atoms with E-state index in [2.05, 4.69) is 9.80 Å². The molecule has 0 aromatic heterocycles. The molecule has 1 aliphatic rings. The third-order valence-corrected chi connectivity index (χ3v) is 3.94. The Labute approximate surface area is 119 Å². The van der Waals surface area contributed by atoms with E-state index in [9.17, 15) is 0 Å². The number of nitrogens with one attached hydrogen (secondary N) is 1. The van der Waals surface area contributed by atoms with E-state index >= 15 is 0 Å². The number of hydrogen-bond donors (Lipinski definition) is 2. The zero-order valence-corrected chi connectivity index (χ0v) is 12.1. The van der Waals surface area contributed by atoms with Gasteiger partial charge >= 0.3 is 0 Å². The van der Waals surface area contributed by atoms with Crippen LogP contribution in [0.15, 0.2) is 18.2 Å². The molecule has 1 aromatic carbocycles. The summed E-state index contributed by atoms with van der Waals surface area (Å²) in [6, 6.07) is 5.64. The maximum absolute atomic E-state index is 7.67. The monoisotopic (exact) mass is 280 g/mol. The Hall–Kier alpha value is -1.26. The molecule has 0 atom stereocenters. The highest BCUT2D eigenvalue weighted by Gasteiger charge is 2.15. The van der Waals surface area contributed by atoms with E-state index in [1.165, 1.54) is 25.9 Å². The van der Waals surface area contributed by atoms with Crippen molar-refractivity contribution < 1.29 is 0 Å². The maximum Gasteiger partial charge on any atom is 0.126 e. The van der Waals surface area contributed by atoms with Crippen molar-refractivity contribution >= 4 is 23.1 Å². The normalized spacial score (nSPS) is 15.7. The molecule has 1 saturated heterocycles. The standard InChI is InChI=1S/C14H21ClN4/c1-18(9-10-19-7-2-3-8-19)12-6-4-5-11(15)13(12)14(16)17/h4-6H,2-3,7-10H2,1H3,(H3,16,17). The molecule has 19 heavy (non-hydrogen) atoms. The van der Waals surface area contributed by atoms with Crippen molar-refractivity contribution in [1.82, 2.24) is 4.90 Å². The van der Waals surface area contributed by atoms with Gasteiger partial charge < -0.3 is 15.5 Å². The number of halogens is 1. The van der Waals surface area contributed by atoms with Gasteiger partial charge in [-0.25, -0.2) is 0 Å². The molecule has 1 aliphatic heterocycles. The van der Waals surface area contributed by atoms with Crippen molar-refractivity contribution in [2.24, 2.45) is 5.73 Å². The van der Waals surface area contributed by atoms with Gasteiger partial charge in [-0.1, -0.05) is 17.7 Å². The Bertz CT molecular complexity index is 455. The van der Waals surface area contributed by atoms with Gasteiger partial charge in [0.05, 0.1) is 10.6 Å². The van der Waals surface area contributed by atoms with Gasteiger partial charge in [-0.15, -0.1) is 0 Å². The van der Waals surface area contributed by atoms with E-state index in [4.69, 9.17) is 22.7 Å². The smallest absolute Gasteiger partial charge is 0.126 e. The Morgan fingerprint density at radius 3 is 2.74 bits per heavy atom. The topological polar surface area (TPSA) is 56.4 Å². The Kier molecular flexibility index (Phi) is 4.66. The number of rotatable bonds is 5. The molecule has 0 unspecified atom stereocenters. The number of nitrogen functional groups attached to an aromatic ring is 1.